The fourth-order valence-corrected chi connectivity index (χ4v) is 3.36. The van der Waals surface area contributed by atoms with Crippen molar-refractivity contribution in [3.63, 3.8) is 0 Å². The molecule has 1 aromatic carbocycles. The number of piperazine rings is 1. The highest BCUT2D eigenvalue weighted by Gasteiger charge is 2.26. The molecule has 2 unspecified atom stereocenters. The van der Waals surface area contributed by atoms with Crippen LogP contribution in [0.1, 0.15) is 36.9 Å². The Kier molecular flexibility index (Phi) is 6.06. The zero-order valence-electron chi connectivity index (χ0n) is 15.8. The molecule has 1 fully saturated rings. The molecule has 0 spiro atoms. The molecule has 3 rings (SSSR count). The SMILES string of the molecule is Cc1cc(CN2CCN(C(C)C(=O)NC(C)c3ccccc3)CC2)no1. The van der Waals surface area contributed by atoms with Crippen LogP contribution >= 0.6 is 0 Å². The third-order valence-corrected chi connectivity index (χ3v) is 5.05. The van der Waals surface area contributed by atoms with Crippen molar-refractivity contribution in [3.8, 4) is 0 Å². The van der Waals surface area contributed by atoms with Crippen LogP contribution in [0.15, 0.2) is 40.9 Å². The van der Waals surface area contributed by atoms with Crippen molar-refractivity contribution in [2.75, 3.05) is 26.2 Å². The number of carbonyl (C=O) groups is 1. The van der Waals surface area contributed by atoms with E-state index in [0.29, 0.717) is 0 Å². The lowest BCUT2D eigenvalue weighted by Gasteiger charge is -2.37. The standard InChI is InChI=1S/C20H28N4O2/c1-15-13-19(22-26-15)14-23-9-11-24(12-10-23)17(3)20(25)21-16(2)18-7-5-4-6-8-18/h4-8,13,16-17H,9-12,14H2,1-3H3,(H,21,25). The first kappa shape index (κ1) is 18.6. The predicted molar refractivity (Wildman–Crippen MR) is 101 cm³/mol. The average molecular weight is 356 g/mol. The molecule has 1 aromatic heterocycles. The van der Waals surface area contributed by atoms with E-state index in [1.165, 1.54) is 0 Å². The maximum Gasteiger partial charge on any atom is 0.237 e. The maximum atomic E-state index is 12.6. The average Bonchev–Trinajstić information content (AvgIpc) is 3.07. The summed E-state index contributed by atoms with van der Waals surface area (Å²) < 4.78 is 5.13. The van der Waals surface area contributed by atoms with Crippen molar-refractivity contribution < 1.29 is 9.32 Å². The quantitative estimate of drug-likeness (QED) is 0.861. The number of aromatic nitrogens is 1. The molecule has 2 atom stereocenters. The molecule has 0 radical (unpaired) electrons. The van der Waals surface area contributed by atoms with E-state index in [4.69, 9.17) is 4.52 Å². The molecule has 1 amide bonds. The molecular weight excluding hydrogens is 328 g/mol. The summed E-state index contributed by atoms with van der Waals surface area (Å²) in [5.41, 5.74) is 2.10. The number of carbonyl (C=O) groups excluding carboxylic acids is 1. The van der Waals surface area contributed by atoms with Gasteiger partial charge in [-0.1, -0.05) is 35.5 Å². The number of amides is 1. The topological polar surface area (TPSA) is 61.6 Å². The predicted octanol–water partition coefficient (Wildman–Crippen LogP) is 2.37. The van der Waals surface area contributed by atoms with Gasteiger partial charge in [-0.2, -0.15) is 0 Å². The Bertz CT molecular complexity index is 708. The number of hydrogen-bond donors (Lipinski definition) is 1. The monoisotopic (exact) mass is 356 g/mol. The molecular formula is C20H28N4O2. The van der Waals surface area contributed by atoms with Gasteiger partial charge in [-0.15, -0.1) is 0 Å². The summed E-state index contributed by atoms with van der Waals surface area (Å²) in [7, 11) is 0. The first-order valence-corrected chi connectivity index (χ1v) is 9.27. The van der Waals surface area contributed by atoms with Gasteiger partial charge in [0.1, 0.15) is 5.76 Å². The zero-order chi connectivity index (χ0) is 18.5. The van der Waals surface area contributed by atoms with Gasteiger partial charge in [-0.05, 0) is 26.3 Å². The molecule has 1 aliphatic rings. The second-order valence-corrected chi connectivity index (χ2v) is 7.06. The van der Waals surface area contributed by atoms with Crippen LogP contribution in [-0.2, 0) is 11.3 Å². The lowest BCUT2D eigenvalue weighted by molar-refractivity contribution is -0.127. The van der Waals surface area contributed by atoms with Gasteiger partial charge in [0.25, 0.3) is 0 Å². The second kappa shape index (κ2) is 8.47. The Morgan fingerprint density at radius 1 is 1.19 bits per heavy atom. The van der Waals surface area contributed by atoms with Gasteiger partial charge >= 0.3 is 0 Å². The van der Waals surface area contributed by atoms with Gasteiger partial charge in [-0.25, -0.2) is 0 Å². The molecule has 0 saturated carbocycles. The summed E-state index contributed by atoms with van der Waals surface area (Å²) in [5.74, 6) is 0.929. The smallest absolute Gasteiger partial charge is 0.237 e. The zero-order valence-corrected chi connectivity index (χ0v) is 15.8. The Labute approximate surface area is 155 Å². The molecule has 6 nitrogen and oxygen atoms in total. The van der Waals surface area contributed by atoms with Crippen LogP contribution < -0.4 is 5.32 Å². The molecule has 6 heteroatoms. The first-order chi connectivity index (χ1) is 12.5. The number of aryl methyl sites for hydroxylation is 1. The van der Waals surface area contributed by atoms with Crippen LogP contribution in [0.25, 0.3) is 0 Å². The third-order valence-electron chi connectivity index (χ3n) is 5.05. The summed E-state index contributed by atoms with van der Waals surface area (Å²) >= 11 is 0. The van der Waals surface area contributed by atoms with Crippen LogP contribution in [0, 0.1) is 6.92 Å². The summed E-state index contributed by atoms with van der Waals surface area (Å²) in [5, 5.41) is 7.19. The minimum Gasteiger partial charge on any atom is -0.361 e. The van der Waals surface area contributed by atoms with E-state index in [9.17, 15) is 4.79 Å². The van der Waals surface area contributed by atoms with E-state index in [2.05, 4.69) is 20.3 Å². The summed E-state index contributed by atoms with van der Waals surface area (Å²) in [4.78, 5) is 17.2. The van der Waals surface area contributed by atoms with Gasteiger partial charge in [0, 0.05) is 38.8 Å². The maximum absolute atomic E-state index is 12.6. The highest BCUT2D eigenvalue weighted by Crippen LogP contribution is 2.14. The fourth-order valence-electron chi connectivity index (χ4n) is 3.36. The van der Waals surface area contributed by atoms with Crippen LogP contribution in [0.3, 0.4) is 0 Å². The van der Waals surface area contributed by atoms with Crippen molar-refractivity contribution in [2.45, 2.75) is 39.4 Å². The van der Waals surface area contributed by atoms with Crippen molar-refractivity contribution in [2.24, 2.45) is 0 Å². The van der Waals surface area contributed by atoms with E-state index >= 15 is 0 Å². The van der Waals surface area contributed by atoms with E-state index in [-0.39, 0.29) is 18.0 Å². The lowest BCUT2D eigenvalue weighted by atomic mass is 10.1. The number of rotatable bonds is 6. The molecule has 0 aliphatic carbocycles. The fraction of sp³-hybridized carbons (Fsp3) is 0.500. The van der Waals surface area contributed by atoms with Gasteiger partial charge in [-0.3, -0.25) is 14.6 Å². The van der Waals surface area contributed by atoms with Gasteiger partial charge in [0.15, 0.2) is 0 Å². The largest absolute Gasteiger partial charge is 0.361 e. The van der Waals surface area contributed by atoms with Crippen molar-refractivity contribution >= 4 is 5.91 Å². The highest BCUT2D eigenvalue weighted by atomic mass is 16.5. The van der Waals surface area contributed by atoms with Crippen molar-refractivity contribution in [1.29, 1.82) is 0 Å². The number of benzene rings is 1. The molecule has 2 heterocycles. The number of hydrogen-bond acceptors (Lipinski definition) is 5. The van der Waals surface area contributed by atoms with E-state index in [1.807, 2.05) is 57.2 Å². The molecule has 1 saturated heterocycles. The third kappa shape index (κ3) is 4.71. The molecule has 2 aromatic rings. The highest BCUT2D eigenvalue weighted by molar-refractivity contribution is 5.81. The van der Waals surface area contributed by atoms with Crippen molar-refractivity contribution in [1.82, 2.24) is 20.3 Å². The Morgan fingerprint density at radius 2 is 1.88 bits per heavy atom. The molecule has 26 heavy (non-hydrogen) atoms. The van der Waals surface area contributed by atoms with E-state index in [0.717, 1.165) is 49.7 Å². The summed E-state index contributed by atoms with van der Waals surface area (Å²) in [6, 6.07) is 11.9. The van der Waals surface area contributed by atoms with Crippen molar-refractivity contribution in [3.05, 3.63) is 53.4 Å². The summed E-state index contributed by atoms with van der Waals surface area (Å²) in [6.45, 7) is 10.3. The first-order valence-electron chi connectivity index (χ1n) is 9.27. The number of nitrogens with zero attached hydrogens (tertiary/aromatic N) is 3. The van der Waals surface area contributed by atoms with Crippen LogP contribution in [0.4, 0.5) is 0 Å². The lowest BCUT2D eigenvalue weighted by Crippen LogP contribution is -2.53. The molecule has 1 N–H and O–H groups in total. The van der Waals surface area contributed by atoms with E-state index < -0.39 is 0 Å². The Hall–Kier alpha value is -2.18. The molecule has 1 aliphatic heterocycles. The minimum absolute atomic E-state index is 0.0165. The molecule has 0 bridgehead atoms. The Balaban J connectivity index is 1.46. The summed E-state index contributed by atoms with van der Waals surface area (Å²) in [6.07, 6.45) is 0. The second-order valence-electron chi connectivity index (χ2n) is 7.06. The van der Waals surface area contributed by atoms with Gasteiger partial charge in [0.2, 0.25) is 5.91 Å². The van der Waals surface area contributed by atoms with Crippen LogP contribution in [0.5, 0.6) is 0 Å². The van der Waals surface area contributed by atoms with Crippen LogP contribution in [0.2, 0.25) is 0 Å². The molecule has 140 valence electrons. The van der Waals surface area contributed by atoms with Gasteiger partial charge < -0.3 is 9.84 Å². The Morgan fingerprint density at radius 3 is 2.50 bits per heavy atom. The van der Waals surface area contributed by atoms with E-state index in [1.54, 1.807) is 0 Å². The number of nitrogens with one attached hydrogen (secondary N) is 1. The van der Waals surface area contributed by atoms with Gasteiger partial charge in [0.05, 0.1) is 17.8 Å². The normalized spacial score (nSPS) is 18.4. The minimum atomic E-state index is -0.127. The van der Waals surface area contributed by atoms with Crippen LogP contribution in [-0.4, -0.2) is 53.1 Å².